The zero-order valence-corrected chi connectivity index (χ0v) is 17.3. The number of benzene rings is 2. The lowest BCUT2D eigenvalue weighted by Gasteiger charge is -2.10. The maximum atomic E-state index is 13.2. The number of nitro groups is 1. The van der Waals surface area contributed by atoms with Crippen molar-refractivity contribution in [1.29, 1.82) is 0 Å². The third kappa shape index (κ3) is 3.46. The number of hydrogen-bond donors (Lipinski definition) is 0. The lowest BCUT2D eigenvalue weighted by atomic mass is 10.2. The van der Waals surface area contributed by atoms with Gasteiger partial charge in [0.05, 0.1) is 21.2 Å². The molecule has 2 aromatic carbocycles. The summed E-state index contributed by atoms with van der Waals surface area (Å²) in [5.41, 5.74) is 0.821. The average Bonchev–Trinajstić information content (AvgIpc) is 3.14. The van der Waals surface area contributed by atoms with Gasteiger partial charge in [-0.05, 0) is 42.5 Å². The van der Waals surface area contributed by atoms with Gasteiger partial charge in [-0.1, -0.05) is 30.3 Å². The Labute approximate surface area is 180 Å². The van der Waals surface area contributed by atoms with E-state index in [-0.39, 0.29) is 16.3 Å². The number of carbonyl (C=O) groups excluding carboxylic acids is 2. The van der Waals surface area contributed by atoms with Crippen molar-refractivity contribution >= 4 is 40.4 Å². The van der Waals surface area contributed by atoms with Crippen molar-refractivity contribution in [2.24, 2.45) is 7.05 Å². The summed E-state index contributed by atoms with van der Waals surface area (Å²) in [5, 5.41) is 10.4. The van der Waals surface area contributed by atoms with Crippen LogP contribution in [0.2, 0.25) is 0 Å². The van der Waals surface area contributed by atoms with Crippen LogP contribution in [0.5, 0.6) is 0 Å². The van der Waals surface area contributed by atoms with E-state index in [4.69, 9.17) is 0 Å². The van der Waals surface area contributed by atoms with Crippen LogP contribution < -0.4 is 10.5 Å². The van der Waals surface area contributed by atoms with Crippen LogP contribution >= 0.6 is 11.8 Å². The molecule has 2 amide bonds. The standard InChI is InChI=1S/C21H16N4O5S/c1-13-18(20(27)24(22(13)2)15-8-4-3-5-9-15)23-19(26)17(31-21(23)28)12-14-7-6-10-16(11-14)25(29)30/h3-12H,1-2H3. The number of carbonyl (C=O) groups is 2. The van der Waals surface area contributed by atoms with Gasteiger partial charge >= 0.3 is 0 Å². The first-order chi connectivity index (χ1) is 14.8. The summed E-state index contributed by atoms with van der Waals surface area (Å²) in [7, 11) is 1.67. The van der Waals surface area contributed by atoms with E-state index in [1.807, 2.05) is 6.07 Å². The van der Waals surface area contributed by atoms with Crippen LogP contribution in [0.1, 0.15) is 11.3 Å². The van der Waals surface area contributed by atoms with Gasteiger partial charge < -0.3 is 0 Å². The van der Waals surface area contributed by atoms with Crippen LogP contribution in [-0.2, 0) is 11.8 Å². The number of non-ortho nitro benzene ring substituents is 1. The summed E-state index contributed by atoms with van der Waals surface area (Å²) in [4.78, 5) is 50.3. The van der Waals surface area contributed by atoms with Gasteiger partial charge in [-0.15, -0.1) is 0 Å². The highest BCUT2D eigenvalue weighted by atomic mass is 32.2. The topological polar surface area (TPSA) is 107 Å². The zero-order chi connectivity index (χ0) is 22.3. The number of nitrogens with zero attached hydrogens (tertiary/aromatic N) is 4. The van der Waals surface area contributed by atoms with Gasteiger partial charge in [0.1, 0.15) is 5.69 Å². The maximum absolute atomic E-state index is 13.2. The van der Waals surface area contributed by atoms with E-state index in [1.54, 1.807) is 49.0 Å². The molecule has 1 aliphatic heterocycles. The Kier molecular flexibility index (Phi) is 5.07. The second-order valence-corrected chi connectivity index (χ2v) is 7.77. The first-order valence-corrected chi connectivity index (χ1v) is 9.97. The van der Waals surface area contributed by atoms with Gasteiger partial charge in [0.2, 0.25) is 0 Å². The monoisotopic (exact) mass is 436 g/mol. The van der Waals surface area contributed by atoms with Crippen molar-refractivity contribution < 1.29 is 14.5 Å². The summed E-state index contributed by atoms with van der Waals surface area (Å²) < 4.78 is 2.97. The number of thioether (sulfide) groups is 1. The Hall–Kier alpha value is -3.92. The van der Waals surface area contributed by atoms with E-state index < -0.39 is 21.6 Å². The fourth-order valence-corrected chi connectivity index (χ4v) is 4.18. The number of rotatable bonds is 4. The summed E-state index contributed by atoms with van der Waals surface area (Å²) in [5.74, 6) is -0.646. The van der Waals surface area contributed by atoms with Gasteiger partial charge in [0.15, 0.2) is 0 Å². The molecule has 1 fully saturated rings. The smallest absolute Gasteiger partial charge is 0.283 e. The lowest BCUT2D eigenvalue weighted by molar-refractivity contribution is -0.384. The number of hydrogen-bond acceptors (Lipinski definition) is 6. The second kappa shape index (κ2) is 7.73. The molecule has 0 saturated carbocycles. The Morgan fingerprint density at radius 2 is 1.74 bits per heavy atom. The molecule has 0 N–H and O–H groups in total. The third-order valence-corrected chi connectivity index (χ3v) is 5.79. The average molecular weight is 436 g/mol. The third-order valence-electron chi connectivity index (χ3n) is 4.92. The van der Waals surface area contributed by atoms with E-state index in [0.29, 0.717) is 28.7 Å². The summed E-state index contributed by atoms with van der Waals surface area (Å²) in [6.45, 7) is 1.66. The molecule has 1 saturated heterocycles. The molecule has 10 heteroatoms. The number of aromatic nitrogens is 2. The van der Waals surface area contributed by atoms with Crippen LogP contribution in [0.3, 0.4) is 0 Å². The highest BCUT2D eigenvalue weighted by Gasteiger charge is 2.40. The molecule has 9 nitrogen and oxygen atoms in total. The van der Waals surface area contributed by atoms with Gasteiger partial charge in [-0.3, -0.25) is 29.2 Å². The van der Waals surface area contributed by atoms with Crippen molar-refractivity contribution in [2.75, 3.05) is 4.90 Å². The van der Waals surface area contributed by atoms with E-state index in [0.717, 1.165) is 4.90 Å². The number of nitro benzene ring substituents is 1. The first-order valence-electron chi connectivity index (χ1n) is 9.16. The molecule has 0 aliphatic carbocycles. The summed E-state index contributed by atoms with van der Waals surface area (Å²) >= 11 is 0.685. The van der Waals surface area contributed by atoms with E-state index in [2.05, 4.69) is 0 Å². The van der Waals surface area contributed by atoms with Crippen molar-refractivity contribution in [3.05, 3.63) is 91.2 Å². The van der Waals surface area contributed by atoms with Crippen molar-refractivity contribution in [3.63, 3.8) is 0 Å². The fraction of sp³-hybridized carbons (Fsp3) is 0.0952. The molecular weight excluding hydrogens is 420 g/mol. The number of anilines is 1. The van der Waals surface area contributed by atoms with Gasteiger partial charge in [-0.25, -0.2) is 9.58 Å². The maximum Gasteiger partial charge on any atom is 0.298 e. The Bertz CT molecular complexity index is 1320. The number of amides is 2. The van der Waals surface area contributed by atoms with Gasteiger partial charge in [-0.2, -0.15) is 0 Å². The Morgan fingerprint density at radius 3 is 2.42 bits per heavy atom. The SMILES string of the molecule is Cc1c(N2C(=O)SC(=Cc3cccc([N+](=O)[O-])c3)C2=O)c(=O)n(-c2ccccc2)n1C. The molecule has 3 aromatic rings. The molecule has 0 atom stereocenters. The predicted molar refractivity (Wildman–Crippen MR) is 117 cm³/mol. The van der Waals surface area contributed by atoms with Crippen molar-refractivity contribution in [2.45, 2.75) is 6.92 Å². The van der Waals surface area contributed by atoms with Crippen molar-refractivity contribution in [3.8, 4) is 5.69 Å². The van der Waals surface area contributed by atoms with Gasteiger partial charge in [0.25, 0.3) is 22.4 Å². The minimum Gasteiger partial charge on any atom is -0.283 e. The highest BCUT2D eigenvalue weighted by molar-refractivity contribution is 8.19. The number of para-hydroxylation sites is 1. The second-order valence-electron chi connectivity index (χ2n) is 6.78. The minimum atomic E-state index is -0.646. The van der Waals surface area contributed by atoms with Gasteiger partial charge in [0, 0.05) is 19.2 Å². The Morgan fingerprint density at radius 1 is 1.03 bits per heavy atom. The van der Waals surface area contributed by atoms with Crippen LogP contribution in [0.4, 0.5) is 16.2 Å². The first kappa shape index (κ1) is 20.4. The van der Waals surface area contributed by atoms with E-state index in [1.165, 1.54) is 29.0 Å². The molecule has 1 aromatic heterocycles. The lowest BCUT2D eigenvalue weighted by Crippen LogP contribution is -2.33. The Balaban J connectivity index is 1.77. The number of imide groups is 1. The van der Waals surface area contributed by atoms with Crippen LogP contribution in [0, 0.1) is 17.0 Å². The minimum absolute atomic E-state index is 0.0173. The highest BCUT2D eigenvalue weighted by Crippen LogP contribution is 2.36. The molecule has 2 heterocycles. The molecule has 31 heavy (non-hydrogen) atoms. The predicted octanol–water partition coefficient (Wildman–Crippen LogP) is 3.63. The molecular formula is C21H16N4O5S. The van der Waals surface area contributed by atoms with E-state index in [9.17, 15) is 24.5 Å². The zero-order valence-electron chi connectivity index (χ0n) is 16.5. The van der Waals surface area contributed by atoms with Crippen molar-refractivity contribution in [1.82, 2.24) is 9.36 Å². The fourth-order valence-electron chi connectivity index (χ4n) is 3.35. The molecule has 0 spiro atoms. The quantitative estimate of drug-likeness (QED) is 0.351. The van der Waals surface area contributed by atoms with Crippen LogP contribution in [-0.4, -0.2) is 25.4 Å². The summed E-state index contributed by atoms with van der Waals surface area (Å²) in [6, 6.07) is 14.6. The molecule has 1 aliphatic rings. The molecule has 0 radical (unpaired) electrons. The normalized spacial score (nSPS) is 15.2. The molecule has 0 bridgehead atoms. The van der Waals surface area contributed by atoms with Crippen LogP contribution in [0.25, 0.3) is 11.8 Å². The van der Waals surface area contributed by atoms with E-state index >= 15 is 0 Å². The van der Waals surface area contributed by atoms with Crippen LogP contribution in [0.15, 0.2) is 64.3 Å². The largest absolute Gasteiger partial charge is 0.298 e. The molecule has 0 unspecified atom stereocenters. The molecule has 4 rings (SSSR count). The molecule has 156 valence electrons. The summed E-state index contributed by atoms with van der Waals surface area (Å²) in [6.07, 6.45) is 1.41.